The van der Waals surface area contributed by atoms with Gasteiger partial charge in [-0.2, -0.15) is 0 Å². The molecule has 11 heteroatoms. The Kier molecular flexibility index (Phi) is 5.39. The second kappa shape index (κ2) is 7.51. The number of nitrogens with one attached hydrogen (secondary N) is 1. The van der Waals surface area contributed by atoms with E-state index in [9.17, 15) is 9.18 Å². The summed E-state index contributed by atoms with van der Waals surface area (Å²) >= 11 is 9.50. The van der Waals surface area contributed by atoms with Crippen LogP contribution >= 0.6 is 46.2 Å². The zero-order valence-corrected chi connectivity index (χ0v) is 15.3. The molecular formula is C13H9ClFN5OS3. The summed E-state index contributed by atoms with van der Waals surface area (Å²) in [5.74, 6) is -0.361. The summed E-state index contributed by atoms with van der Waals surface area (Å²) < 4.78 is 18.0. The van der Waals surface area contributed by atoms with Gasteiger partial charge in [0.1, 0.15) is 10.7 Å². The maximum absolute atomic E-state index is 13.7. The van der Waals surface area contributed by atoms with Gasteiger partial charge >= 0.3 is 0 Å². The third-order valence-electron chi connectivity index (χ3n) is 2.89. The van der Waals surface area contributed by atoms with Crippen molar-refractivity contribution in [1.29, 1.82) is 0 Å². The van der Waals surface area contributed by atoms with Gasteiger partial charge in [0.15, 0.2) is 4.34 Å². The molecule has 0 saturated heterocycles. The minimum absolute atomic E-state index is 0.325. The topological polar surface area (TPSA) is 80.7 Å². The lowest BCUT2D eigenvalue weighted by Crippen LogP contribution is -2.11. The van der Waals surface area contributed by atoms with E-state index in [0.29, 0.717) is 36.4 Å². The fourth-order valence-corrected chi connectivity index (χ4v) is 4.36. The number of carbonyl (C=O) groups is 1. The first kappa shape index (κ1) is 17.2. The molecule has 0 atom stereocenters. The Balaban J connectivity index is 1.64. The summed E-state index contributed by atoms with van der Waals surface area (Å²) in [7, 11) is 0. The Morgan fingerprint density at radius 2 is 2.21 bits per heavy atom. The monoisotopic (exact) mass is 401 g/mol. The molecule has 3 rings (SSSR count). The number of hydrogen-bond acceptors (Lipinski definition) is 8. The van der Waals surface area contributed by atoms with Crippen LogP contribution in [0.5, 0.6) is 0 Å². The molecule has 0 bridgehead atoms. The number of benzene rings is 1. The van der Waals surface area contributed by atoms with Crippen LogP contribution in [0.1, 0.15) is 20.9 Å². The highest BCUT2D eigenvalue weighted by Gasteiger charge is 2.16. The van der Waals surface area contributed by atoms with E-state index in [1.807, 2.05) is 0 Å². The summed E-state index contributed by atoms with van der Waals surface area (Å²) in [5.41, 5.74) is 0.974. The van der Waals surface area contributed by atoms with E-state index in [1.165, 1.54) is 29.2 Å². The second-order valence-electron chi connectivity index (χ2n) is 4.50. The fourth-order valence-electron chi connectivity index (χ4n) is 1.72. The van der Waals surface area contributed by atoms with E-state index in [-0.39, 0.29) is 11.7 Å². The van der Waals surface area contributed by atoms with E-state index in [1.54, 1.807) is 19.1 Å². The van der Waals surface area contributed by atoms with Gasteiger partial charge < -0.3 is 0 Å². The molecule has 1 aromatic carbocycles. The SMILES string of the molecule is Cc1nnsc1C(=O)Nc1nnc(SCc2c(F)cccc2Cl)s1. The lowest BCUT2D eigenvalue weighted by molar-refractivity contribution is 0.102. The van der Waals surface area contributed by atoms with E-state index in [2.05, 4.69) is 25.1 Å². The quantitative estimate of drug-likeness (QED) is 0.513. The first-order chi connectivity index (χ1) is 11.5. The molecule has 0 aliphatic heterocycles. The van der Waals surface area contributed by atoms with Crippen LogP contribution < -0.4 is 5.32 Å². The number of hydrogen-bond donors (Lipinski definition) is 1. The maximum atomic E-state index is 13.7. The summed E-state index contributed by atoms with van der Waals surface area (Å²) in [6.45, 7) is 1.71. The number of halogens is 2. The molecule has 2 aromatic heterocycles. The molecule has 0 aliphatic rings. The van der Waals surface area contributed by atoms with E-state index < -0.39 is 0 Å². The van der Waals surface area contributed by atoms with Crippen molar-refractivity contribution >= 4 is 57.3 Å². The van der Waals surface area contributed by atoms with E-state index >= 15 is 0 Å². The molecular weight excluding hydrogens is 393 g/mol. The maximum Gasteiger partial charge on any atom is 0.271 e. The molecule has 0 radical (unpaired) electrons. The zero-order valence-electron chi connectivity index (χ0n) is 12.1. The molecule has 124 valence electrons. The highest BCUT2D eigenvalue weighted by atomic mass is 35.5. The molecule has 0 spiro atoms. The van der Waals surface area contributed by atoms with Crippen LogP contribution in [0.15, 0.2) is 22.5 Å². The molecule has 0 saturated carbocycles. The predicted octanol–water partition coefficient (Wildman–Crippen LogP) is 4.04. The highest BCUT2D eigenvalue weighted by molar-refractivity contribution is 8.00. The number of rotatable bonds is 5. The zero-order chi connectivity index (χ0) is 17.1. The molecule has 1 amide bonds. The normalized spacial score (nSPS) is 10.8. The second-order valence-corrected chi connectivity index (χ2v) is 7.86. The van der Waals surface area contributed by atoms with Crippen molar-refractivity contribution < 1.29 is 9.18 Å². The Hall–Kier alpha value is -1.62. The van der Waals surface area contributed by atoms with Gasteiger partial charge in [0.25, 0.3) is 5.91 Å². The van der Waals surface area contributed by atoms with Crippen molar-refractivity contribution in [2.45, 2.75) is 17.0 Å². The first-order valence-corrected chi connectivity index (χ1v) is 9.49. The lowest BCUT2D eigenvalue weighted by atomic mass is 10.2. The van der Waals surface area contributed by atoms with E-state index in [0.717, 1.165) is 11.5 Å². The third kappa shape index (κ3) is 3.89. The summed E-state index contributed by atoms with van der Waals surface area (Å²) in [6.07, 6.45) is 0. The molecule has 0 fully saturated rings. The highest BCUT2D eigenvalue weighted by Crippen LogP contribution is 2.31. The van der Waals surface area contributed by atoms with Gasteiger partial charge in [-0.1, -0.05) is 45.3 Å². The van der Waals surface area contributed by atoms with Crippen molar-refractivity contribution in [3.05, 3.63) is 45.2 Å². The van der Waals surface area contributed by atoms with Crippen LogP contribution in [0.4, 0.5) is 9.52 Å². The van der Waals surface area contributed by atoms with Crippen LogP contribution in [0.2, 0.25) is 5.02 Å². The smallest absolute Gasteiger partial charge is 0.271 e. The van der Waals surface area contributed by atoms with Crippen molar-refractivity contribution in [3.63, 3.8) is 0 Å². The summed E-state index contributed by atoms with van der Waals surface area (Å²) in [6, 6.07) is 4.55. The number of nitrogens with zero attached hydrogens (tertiary/aromatic N) is 4. The van der Waals surface area contributed by atoms with Gasteiger partial charge in [-0.15, -0.1) is 15.3 Å². The average molecular weight is 402 g/mol. The number of carbonyl (C=O) groups excluding carboxylic acids is 1. The molecule has 0 aliphatic carbocycles. The minimum Gasteiger partial charge on any atom is -0.296 e. The van der Waals surface area contributed by atoms with Crippen LogP contribution in [-0.4, -0.2) is 25.7 Å². The Bertz CT molecular complexity index is 864. The van der Waals surface area contributed by atoms with Gasteiger partial charge in [0.05, 0.1) is 5.69 Å². The Morgan fingerprint density at radius 1 is 1.38 bits per heavy atom. The average Bonchev–Trinajstić information content (AvgIpc) is 3.16. The minimum atomic E-state index is -0.360. The molecule has 24 heavy (non-hydrogen) atoms. The number of anilines is 1. The summed E-state index contributed by atoms with van der Waals surface area (Å²) in [5, 5.41) is 15.0. The lowest BCUT2D eigenvalue weighted by Gasteiger charge is -2.03. The van der Waals surface area contributed by atoms with Gasteiger partial charge in [0, 0.05) is 16.3 Å². The number of thioether (sulfide) groups is 1. The molecule has 0 unspecified atom stereocenters. The molecule has 3 aromatic rings. The number of aromatic nitrogens is 4. The van der Waals surface area contributed by atoms with E-state index in [4.69, 9.17) is 11.6 Å². The molecule has 6 nitrogen and oxygen atoms in total. The van der Waals surface area contributed by atoms with Gasteiger partial charge in [0.2, 0.25) is 5.13 Å². The van der Waals surface area contributed by atoms with Gasteiger partial charge in [-0.25, -0.2) is 4.39 Å². The number of amides is 1. The van der Waals surface area contributed by atoms with Crippen LogP contribution in [-0.2, 0) is 5.75 Å². The Labute approximate surface area is 153 Å². The van der Waals surface area contributed by atoms with Crippen LogP contribution in [0.25, 0.3) is 0 Å². The largest absolute Gasteiger partial charge is 0.296 e. The standard InChI is InChI=1S/C13H9ClFN5OS3/c1-6-10(24-20-17-6)11(21)16-12-18-19-13(23-12)22-5-7-8(14)3-2-4-9(7)15/h2-4H,5H2,1H3,(H,16,18,21). The van der Waals surface area contributed by atoms with Crippen molar-refractivity contribution in [1.82, 2.24) is 19.8 Å². The predicted molar refractivity (Wildman–Crippen MR) is 93.5 cm³/mol. The van der Waals surface area contributed by atoms with Gasteiger partial charge in [-0.05, 0) is 30.6 Å². The van der Waals surface area contributed by atoms with Crippen molar-refractivity contribution in [3.8, 4) is 0 Å². The van der Waals surface area contributed by atoms with Crippen molar-refractivity contribution in [2.75, 3.05) is 5.32 Å². The third-order valence-corrected chi connectivity index (χ3v) is 6.07. The van der Waals surface area contributed by atoms with Crippen LogP contribution in [0.3, 0.4) is 0 Å². The van der Waals surface area contributed by atoms with Crippen LogP contribution in [0, 0.1) is 12.7 Å². The number of aryl methyl sites for hydroxylation is 1. The molecule has 2 heterocycles. The fraction of sp³-hybridized carbons (Fsp3) is 0.154. The Morgan fingerprint density at radius 3 is 2.92 bits per heavy atom. The van der Waals surface area contributed by atoms with Crippen molar-refractivity contribution in [2.24, 2.45) is 0 Å². The summed E-state index contributed by atoms with van der Waals surface area (Å²) in [4.78, 5) is 12.5. The first-order valence-electron chi connectivity index (χ1n) is 6.54. The molecule has 1 N–H and O–H groups in total. The van der Waals surface area contributed by atoms with Gasteiger partial charge in [-0.3, -0.25) is 10.1 Å².